The molecule has 0 aliphatic carbocycles. The first-order valence-corrected chi connectivity index (χ1v) is 8.39. The fourth-order valence-electron chi connectivity index (χ4n) is 2.71. The third-order valence-electron chi connectivity index (χ3n) is 4.02. The molecule has 2 aliphatic rings. The molecule has 2 aliphatic heterocycles. The molecule has 108 valence electrons. The van der Waals surface area contributed by atoms with E-state index in [0.717, 1.165) is 0 Å². The molecule has 2 fully saturated rings. The van der Waals surface area contributed by atoms with E-state index in [0.29, 0.717) is 19.4 Å². The molecular weight excluding hydrogens is 268 g/mol. The van der Waals surface area contributed by atoms with Gasteiger partial charge in [-0.3, -0.25) is 9.59 Å². The third-order valence-corrected chi connectivity index (χ3v) is 5.86. The van der Waals surface area contributed by atoms with E-state index in [4.69, 9.17) is 0 Å². The number of amides is 2. The van der Waals surface area contributed by atoms with E-state index >= 15 is 0 Å². The van der Waals surface area contributed by atoms with Crippen molar-refractivity contribution in [1.29, 1.82) is 0 Å². The zero-order valence-electron chi connectivity index (χ0n) is 11.3. The Morgan fingerprint density at radius 3 is 2.63 bits per heavy atom. The minimum Gasteiger partial charge on any atom is -0.340 e. The molecule has 1 N–H and O–H groups in total. The lowest BCUT2D eigenvalue weighted by molar-refractivity contribution is -0.149. The molecule has 0 spiro atoms. The van der Waals surface area contributed by atoms with Crippen molar-refractivity contribution in [1.82, 2.24) is 10.2 Å². The van der Waals surface area contributed by atoms with Gasteiger partial charge in [0.2, 0.25) is 11.8 Å². The summed E-state index contributed by atoms with van der Waals surface area (Å²) in [6.45, 7) is 3.96. The first-order chi connectivity index (χ1) is 8.76. The van der Waals surface area contributed by atoms with Gasteiger partial charge in [-0.05, 0) is 25.7 Å². The Kier molecular flexibility index (Phi) is 3.59. The van der Waals surface area contributed by atoms with E-state index in [9.17, 15) is 18.0 Å². The van der Waals surface area contributed by atoms with Crippen LogP contribution >= 0.6 is 0 Å². The molecule has 19 heavy (non-hydrogen) atoms. The van der Waals surface area contributed by atoms with E-state index in [2.05, 4.69) is 5.32 Å². The van der Waals surface area contributed by atoms with Crippen molar-refractivity contribution < 1.29 is 18.0 Å². The zero-order valence-corrected chi connectivity index (χ0v) is 12.1. The monoisotopic (exact) mass is 288 g/mol. The van der Waals surface area contributed by atoms with Crippen LogP contribution in [-0.2, 0) is 19.4 Å². The molecule has 0 aromatic carbocycles. The van der Waals surface area contributed by atoms with Crippen molar-refractivity contribution in [3.8, 4) is 0 Å². The normalized spacial score (nSPS) is 34.4. The number of nitrogens with zero attached hydrogens (tertiary/aromatic N) is 1. The van der Waals surface area contributed by atoms with E-state index in [-0.39, 0.29) is 35.8 Å². The van der Waals surface area contributed by atoms with Crippen LogP contribution in [0.25, 0.3) is 0 Å². The number of nitrogens with one attached hydrogen (secondary N) is 1. The SMILES string of the molecule is CCC1(C)NC(=O)CN(CC2CCS(=O)(=O)C2)C1=O. The van der Waals surface area contributed by atoms with Gasteiger partial charge in [0, 0.05) is 6.54 Å². The highest BCUT2D eigenvalue weighted by Crippen LogP contribution is 2.23. The summed E-state index contributed by atoms with van der Waals surface area (Å²) >= 11 is 0. The zero-order chi connectivity index (χ0) is 14.3. The molecule has 0 aromatic heterocycles. The predicted octanol–water partition coefficient (Wildman–Crippen LogP) is -0.452. The number of hydrogen-bond donors (Lipinski definition) is 1. The second-order valence-corrected chi connectivity index (χ2v) is 7.92. The van der Waals surface area contributed by atoms with Crippen LogP contribution in [0.15, 0.2) is 0 Å². The third kappa shape index (κ3) is 2.91. The van der Waals surface area contributed by atoms with E-state index in [1.165, 1.54) is 4.90 Å². The summed E-state index contributed by atoms with van der Waals surface area (Å²) in [6, 6.07) is 0. The summed E-state index contributed by atoms with van der Waals surface area (Å²) in [6.07, 6.45) is 1.10. The van der Waals surface area contributed by atoms with Crippen molar-refractivity contribution in [3.05, 3.63) is 0 Å². The van der Waals surface area contributed by atoms with Gasteiger partial charge >= 0.3 is 0 Å². The van der Waals surface area contributed by atoms with Crippen LogP contribution in [0.1, 0.15) is 26.7 Å². The van der Waals surface area contributed by atoms with Crippen LogP contribution in [0.5, 0.6) is 0 Å². The van der Waals surface area contributed by atoms with Crippen molar-refractivity contribution in [2.24, 2.45) is 5.92 Å². The molecule has 0 aromatic rings. The first-order valence-electron chi connectivity index (χ1n) is 6.56. The molecule has 0 saturated carbocycles. The van der Waals surface area contributed by atoms with Crippen LogP contribution < -0.4 is 5.32 Å². The molecule has 7 heteroatoms. The van der Waals surface area contributed by atoms with Crippen molar-refractivity contribution in [3.63, 3.8) is 0 Å². The molecule has 2 rings (SSSR count). The van der Waals surface area contributed by atoms with Crippen LogP contribution in [0.4, 0.5) is 0 Å². The highest BCUT2D eigenvalue weighted by atomic mass is 32.2. The molecular formula is C12H20N2O4S. The van der Waals surface area contributed by atoms with Gasteiger partial charge < -0.3 is 10.2 Å². The van der Waals surface area contributed by atoms with Crippen LogP contribution in [-0.4, -0.2) is 55.3 Å². The largest absolute Gasteiger partial charge is 0.340 e. The number of rotatable bonds is 3. The number of piperazine rings is 1. The minimum absolute atomic E-state index is 0.0327. The van der Waals surface area contributed by atoms with E-state index in [1.54, 1.807) is 6.92 Å². The Hall–Kier alpha value is -1.11. The molecule has 2 unspecified atom stereocenters. The van der Waals surface area contributed by atoms with Crippen molar-refractivity contribution in [2.75, 3.05) is 24.6 Å². The summed E-state index contributed by atoms with van der Waals surface area (Å²) in [5.74, 6) is -0.0114. The summed E-state index contributed by atoms with van der Waals surface area (Å²) in [7, 11) is -2.95. The Bertz CT molecular complexity index is 502. The molecule has 2 atom stereocenters. The van der Waals surface area contributed by atoms with Gasteiger partial charge in [0.1, 0.15) is 5.54 Å². The Labute approximate surface area is 113 Å². The topological polar surface area (TPSA) is 83.6 Å². The number of carbonyl (C=O) groups is 2. The minimum atomic E-state index is -2.95. The Balaban J connectivity index is 2.07. The Morgan fingerprint density at radius 1 is 1.42 bits per heavy atom. The van der Waals surface area contributed by atoms with Gasteiger partial charge in [-0.2, -0.15) is 0 Å². The maximum absolute atomic E-state index is 12.3. The smallest absolute Gasteiger partial charge is 0.248 e. The molecule has 0 bridgehead atoms. The van der Waals surface area contributed by atoms with E-state index < -0.39 is 15.4 Å². The lowest BCUT2D eigenvalue weighted by Crippen LogP contribution is -2.65. The summed E-state index contributed by atoms with van der Waals surface area (Å²) < 4.78 is 22.9. The molecule has 0 radical (unpaired) electrons. The number of sulfone groups is 1. The van der Waals surface area contributed by atoms with Crippen molar-refractivity contribution >= 4 is 21.7 Å². The quantitative estimate of drug-likeness (QED) is 0.762. The van der Waals surface area contributed by atoms with Gasteiger partial charge in [-0.25, -0.2) is 8.42 Å². The summed E-state index contributed by atoms with van der Waals surface area (Å²) in [5, 5.41) is 2.71. The highest BCUT2D eigenvalue weighted by molar-refractivity contribution is 7.91. The van der Waals surface area contributed by atoms with Gasteiger partial charge in [0.15, 0.2) is 9.84 Å². The Morgan fingerprint density at radius 2 is 2.11 bits per heavy atom. The van der Waals surface area contributed by atoms with Crippen molar-refractivity contribution in [2.45, 2.75) is 32.2 Å². The second kappa shape index (κ2) is 4.77. The van der Waals surface area contributed by atoms with Gasteiger partial charge in [-0.15, -0.1) is 0 Å². The lowest BCUT2D eigenvalue weighted by atomic mass is 9.93. The first kappa shape index (κ1) is 14.3. The van der Waals surface area contributed by atoms with Gasteiger partial charge in [-0.1, -0.05) is 6.92 Å². The lowest BCUT2D eigenvalue weighted by Gasteiger charge is -2.40. The number of hydrogen-bond acceptors (Lipinski definition) is 4. The second-order valence-electron chi connectivity index (χ2n) is 5.69. The highest BCUT2D eigenvalue weighted by Gasteiger charge is 2.42. The van der Waals surface area contributed by atoms with Crippen LogP contribution in [0.3, 0.4) is 0 Å². The summed E-state index contributed by atoms with van der Waals surface area (Å²) in [4.78, 5) is 25.5. The summed E-state index contributed by atoms with van der Waals surface area (Å²) in [5.41, 5.74) is -0.854. The maximum Gasteiger partial charge on any atom is 0.248 e. The average Bonchev–Trinajstić information content (AvgIpc) is 2.65. The van der Waals surface area contributed by atoms with Gasteiger partial charge in [0.25, 0.3) is 0 Å². The van der Waals surface area contributed by atoms with Crippen LogP contribution in [0.2, 0.25) is 0 Å². The van der Waals surface area contributed by atoms with Crippen LogP contribution in [0, 0.1) is 5.92 Å². The standard InChI is InChI=1S/C12H20N2O4S/c1-3-12(2)11(16)14(7-10(15)13-12)6-9-4-5-19(17,18)8-9/h9H,3-8H2,1-2H3,(H,13,15). The van der Waals surface area contributed by atoms with Gasteiger partial charge in [0.05, 0.1) is 18.1 Å². The molecule has 2 saturated heterocycles. The molecule has 2 heterocycles. The number of carbonyl (C=O) groups excluding carboxylic acids is 2. The maximum atomic E-state index is 12.3. The molecule has 2 amide bonds. The average molecular weight is 288 g/mol. The fourth-order valence-corrected chi connectivity index (χ4v) is 4.56. The predicted molar refractivity (Wildman–Crippen MR) is 70.2 cm³/mol. The fraction of sp³-hybridized carbons (Fsp3) is 0.833. The molecule has 6 nitrogen and oxygen atoms in total. The van der Waals surface area contributed by atoms with E-state index in [1.807, 2.05) is 6.92 Å².